The van der Waals surface area contributed by atoms with Gasteiger partial charge in [-0.1, -0.05) is 6.08 Å². The van der Waals surface area contributed by atoms with Crippen molar-refractivity contribution in [3.63, 3.8) is 0 Å². The van der Waals surface area contributed by atoms with Crippen LogP contribution < -0.4 is 0 Å². The highest BCUT2D eigenvalue weighted by molar-refractivity contribution is 9.10. The second-order valence-electron chi connectivity index (χ2n) is 4.42. The lowest BCUT2D eigenvalue weighted by Gasteiger charge is -2.25. The highest BCUT2D eigenvalue weighted by Gasteiger charge is 2.30. The van der Waals surface area contributed by atoms with Gasteiger partial charge in [-0.05, 0) is 27.9 Å². The first kappa shape index (κ1) is 15.7. The Balaban J connectivity index is 2.21. The number of aliphatic hydroxyl groups excluding tert-OH is 1. The second-order valence-corrected chi connectivity index (χ2v) is 7.04. The molecule has 0 fully saturated rings. The van der Waals surface area contributed by atoms with Crippen LogP contribution in [0.1, 0.15) is 12.2 Å². The average molecular weight is 366 g/mol. The molecular weight excluding hydrogens is 350 g/mol. The normalized spacial score (nSPS) is 17.2. The molecule has 0 spiro atoms. The summed E-state index contributed by atoms with van der Waals surface area (Å²) < 4.78 is 36.7. The zero-order chi connectivity index (χ0) is 14.8. The highest BCUT2D eigenvalue weighted by Crippen LogP contribution is 2.30. The van der Waals surface area contributed by atoms with Crippen molar-refractivity contribution in [2.24, 2.45) is 0 Å². The minimum atomic E-state index is -3.62. The summed E-state index contributed by atoms with van der Waals surface area (Å²) in [5, 5.41) is 9.00. The zero-order valence-electron chi connectivity index (χ0n) is 11.0. The van der Waals surface area contributed by atoms with Gasteiger partial charge in [0.2, 0.25) is 10.0 Å². The Kier molecular flexibility index (Phi) is 5.03. The molecule has 112 valence electrons. The van der Waals surface area contributed by atoms with Crippen LogP contribution in [0.4, 0.5) is 0 Å². The van der Waals surface area contributed by atoms with Crippen LogP contribution in [0.25, 0.3) is 0 Å². The number of sulfonamides is 1. The number of hydrogen-bond acceptors (Lipinski definition) is 5. The molecule has 1 aliphatic heterocycles. The maximum atomic E-state index is 12.5. The van der Waals surface area contributed by atoms with Crippen LogP contribution in [0, 0.1) is 0 Å². The minimum Gasteiger partial charge on any atom is -0.450 e. The third kappa shape index (κ3) is 3.15. The van der Waals surface area contributed by atoms with Gasteiger partial charge in [-0.15, -0.1) is 0 Å². The molecule has 8 heteroatoms. The first-order chi connectivity index (χ1) is 9.48. The topological polar surface area (TPSA) is 80.0 Å². The highest BCUT2D eigenvalue weighted by atomic mass is 79.9. The molecule has 0 saturated carbocycles. The fourth-order valence-electron chi connectivity index (χ4n) is 2.02. The molecule has 0 unspecified atom stereocenters. The molecule has 2 heterocycles. The quantitative estimate of drug-likeness (QED) is 0.799. The van der Waals surface area contributed by atoms with E-state index in [1.165, 1.54) is 10.4 Å². The molecule has 0 aliphatic carbocycles. The predicted octanol–water partition coefficient (Wildman–Crippen LogP) is 1.50. The third-order valence-electron chi connectivity index (χ3n) is 3.08. The summed E-state index contributed by atoms with van der Waals surface area (Å²) in [7, 11) is -2.01. The number of ether oxygens (including phenoxy) is 1. The van der Waals surface area contributed by atoms with E-state index in [0.717, 1.165) is 5.57 Å². The number of aliphatic hydroxyl groups is 1. The summed E-state index contributed by atoms with van der Waals surface area (Å²) in [6.45, 7) is 0.903. The van der Waals surface area contributed by atoms with E-state index >= 15 is 0 Å². The van der Waals surface area contributed by atoms with Gasteiger partial charge in [0.1, 0.15) is 17.3 Å². The Morgan fingerprint density at radius 3 is 2.80 bits per heavy atom. The first-order valence-electron chi connectivity index (χ1n) is 6.05. The van der Waals surface area contributed by atoms with Crippen LogP contribution in [-0.2, 0) is 21.4 Å². The molecular formula is C12H16BrNO5S. The van der Waals surface area contributed by atoms with Crippen molar-refractivity contribution in [1.82, 2.24) is 4.31 Å². The van der Waals surface area contributed by atoms with Crippen molar-refractivity contribution < 1.29 is 22.7 Å². The maximum absolute atomic E-state index is 12.5. The minimum absolute atomic E-state index is 0.0464. The molecule has 1 aliphatic rings. The molecule has 0 radical (unpaired) electrons. The van der Waals surface area contributed by atoms with Crippen molar-refractivity contribution in [3.8, 4) is 0 Å². The van der Waals surface area contributed by atoms with Crippen molar-refractivity contribution in [3.05, 3.63) is 28.1 Å². The first-order valence-corrected chi connectivity index (χ1v) is 8.28. The molecule has 0 atom stereocenters. The van der Waals surface area contributed by atoms with E-state index in [0.29, 0.717) is 26.1 Å². The van der Waals surface area contributed by atoms with Crippen LogP contribution in [0.15, 0.2) is 31.7 Å². The van der Waals surface area contributed by atoms with E-state index in [1.54, 1.807) is 7.11 Å². The fraction of sp³-hybridized carbons (Fsp3) is 0.500. The number of halogens is 1. The Labute approximate surface area is 126 Å². The van der Waals surface area contributed by atoms with Crippen LogP contribution >= 0.6 is 15.9 Å². The Bertz CT molecular complexity index is 607. The molecule has 1 N–H and O–H groups in total. The molecule has 0 bridgehead atoms. The van der Waals surface area contributed by atoms with Gasteiger partial charge < -0.3 is 14.3 Å². The Morgan fingerprint density at radius 2 is 2.30 bits per heavy atom. The van der Waals surface area contributed by atoms with Gasteiger partial charge in [-0.25, -0.2) is 8.42 Å². The van der Waals surface area contributed by atoms with E-state index in [-0.39, 0.29) is 21.9 Å². The van der Waals surface area contributed by atoms with Gasteiger partial charge in [0.15, 0.2) is 4.67 Å². The molecule has 2 rings (SSSR count). The number of hydrogen-bond donors (Lipinski definition) is 1. The maximum Gasteiger partial charge on any atom is 0.247 e. The van der Waals surface area contributed by atoms with Crippen LogP contribution in [0.5, 0.6) is 0 Å². The smallest absolute Gasteiger partial charge is 0.247 e. The van der Waals surface area contributed by atoms with E-state index in [9.17, 15) is 8.42 Å². The lowest BCUT2D eigenvalue weighted by molar-refractivity contribution is 0.219. The Hall–Kier alpha value is -0.670. The van der Waals surface area contributed by atoms with Crippen molar-refractivity contribution in [1.29, 1.82) is 0 Å². The van der Waals surface area contributed by atoms with Crippen LogP contribution in [-0.4, -0.2) is 44.6 Å². The standard InChI is InChI=1S/C12H16BrNO5S/c1-18-8-9-2-4-14(5-3-9)20(16,17)11-6-10(7-15)19-12(11)13/h2,6,15H,3-5,7-8H2,1H3. The number of nitrogens with zero attached hydrogens (tertiary/aromatic N) is 1. The molecule has 0 saturated heterocycles. The summed E-state index contributed by atoms with van der Waals surface area (Å²) in [6.07, 6.45) is 2.51. The van der Waals surface area contributed by atoms with Gasteiger partial charge in [-0.2, -0.15) is 4.31 Å². The second kappa shape index (κ2) is 6.40. The fourth-order valence-corrected chi connectivity index (χ4v) is 4.36. The van der Waals surface area contributed by atoms with Crippen molar-refractivity contribution >= 4 is 26.0 Å². The lowest BCUT2D eigenvalue weighted by atomic mass is 10.1. The van der Waals surface area contributed by atoms with Gasteiger partial charge in [0, 0.05) is 26.3 Å². The van der Waals surface area contributed by atoms with Crippen LogP contribution in [0.2, 0.25) is 0 Å². The largest absolute Gasteiger partial charge is 0.450 e. The van der Waals surface area contributed by atoms with Gasteiger partial charge in [-0.3, -0.25) is 0 Å². The van der Waals surface area contributed by atoms with Gasteiger partial charge >= 0.3 is 0 Å². The molecule has 1 aromatic rings. The summed E-state index contributed by atoms with van der Waals surface area (Å²) in [5.41, 5.74) is 1.10. The molecule has 0 amide bonds. The zero-order valence-corrected chi connectivity index (χ0v) is 13.4. The van der Waals surface area contributed by atoms with E-state index < -0.39 is 10.0 Å². The summed E-state index contributed by atoms with van der Waals surface area (Å²) in [6, 6.07) is 1.34. The summed E-state index contributed by atoms with van der Waals surface area (Å²) >= 11 is 3.08. The van der Waals surface area contributed by atoms with Crippen molar-refractivity contribution in [2.75, 3.05) is 26.8 Å². The molecule has 6 nitrogen and oxygen atoms in total. The number of rotatable bonds is 5. The lowest BCUT2D eigenvalue weighted by Crippen LogP contribution is -2.35. The number of furan rings is 1. The van der Waals surface area contributed by atoms with E-state index in [2.05, 4.69) is 15.9 Å². The molecule has 20 heavy (non-hydrogen) atoms. The molecule has 1 aromatic heterocycles. The Morgan fingerprint density at radius 1 is 1.55 bits per heavy atom. The molecule has 0 aromatic carbocycles. The van der Waals surface area contributed by atoms with E-state index in [1.807, 2.05) is 6.08 Å². The third-order valence-corrected chi connectivity index (χ3v) is 5.80. The SMILES string of the molecule is COCC1=CCN(S(=O)(=O)c2cc(CO)oc2Br)CC1. The van der Waals surface area contributed by atoms with Crippen molar-refractivity contribution in [2.45, 2.75) is 17.9 Å². The van der Waals surface area contributed by atoms with Gasteiger partial charge in [0.05, 0.1) is 6.61 Å². The number of methoxy groups -OCH3 is 1. The predicted molar refractivity (Wildman–Crippen MR) is 75.7 cm³/mol. The van der Waals surface area contributed by atoms with E-state index in [4.69, 9.17) is 14.3 Å². The summed E-state index contributed by atoms with van der Waals surface area (Å²) in [5.74, 6) is 0.211. The monoisotopic (exact) mass is 365 g/mol. The average Bonchev–Trinajstić information content (AvgIpc) is 2.82. The summed E-state index contributed by atoms with van der Waals surface area (Å²) in [4.78, 5) is 0.0464. The van der Waals surface area contributed by atoms with Crippen LogP contribution in [0.3, 0.4) is 0 Å². The van der Waals surface area contributed by atoms with Gasteiger partial charge in [0.25, 0.3) is 0 Å².